The smallest absolute Gasteiger partial charge is 0.216 e. The van der Waals surface area contributed by atoms with E-state index in [4.69, 9.17) is 11.6 Å². The Morgan fingerprint density at radius 3 is 2.78 bits per heavy atom. The van der Waals surface area contributed by atoms with Crippen LogP contribution < -0.4 is 5.32 Å². The highest BCUT2D eigenvalue weighted by molar-refractivity contribution is 6.31. The monoisotopic (exact) mass is 275 g/mol. The Bertz CT molecular complexity index is 428. The summed E-state index contributed by atoms with van der Waals surface area (Å²) in [5.41, 5.74) is 0.131. The van der Waals surface area contributed by atoms with Crippen molar-refractivity contribution in [1.29, 1.82) is 0 Å². The van der Waals surface area contributed by atoms with Gasteiger partial charge in [-0.25, -0.2) is 4.39 Å². The van der Waals surface area contributed by atoms with Gasteiger partial charge in [-0.3, -0.25) is 4.79 Å². The number of hydrogen-bond donors (Lipinski definition) is 3. The van der Waals surface area contributed by atoms with E-state index in [1.165, 1.54) is 25.1 Å². The number of carbonyl (C=O) groups is 1. The molecule has 0 aliphatic carbocycles. The Kier molecular flexibility index (Phi) is 5.53. The van der Waals surface area contributed by atoms with Crippen molar-refractivity contribution in [2.24, 2.45) is 0 Å². The Labute approximate surface area is 109 Å². The molecule has 0 aliphatic rings. The highest BCUT2D eigenvalue weighted by Gasteiger charge is 2.21. The van der Waals surface area contributed by atoms with Gasteiger partial charge < -0.3 is 15.5 Å². The molecule has 0 fully saturated rings. The summed E-state index contributed by atoms with van der Waals surface area (Å²) in [5.74, 6) is -0.872. The Hall–Kier alpha value is -1.17. The number of hydrogen-bond acceptors (Lipinski definition) is 3. The van der Waals surface area contributed by atoms with Crippen LogP contribution in [0.15, 0.2) is 18.2 Å². The van der Waals surface area contributed by atoms with Crippen molar-refractivity contribution in [1.82, 2.24) is 5.32 Å². The fourth-order valence-electron chi connectivity index (χ4n) is 1.51. The third-order valence-electron chi connectivity index (χ3n) is 2.48. The highest BCUT2D eigenvalue weighted by Crippen LogP contribution is 2.28. The summed E-state index contributed by atoms with van der Waals surface area (Å²) >= 11 is 5.70. The number of benzene rings is 1. The molecular formula is C12H15ClFNO3. The van der Waals surface area contributed by atoms with Crippen LogP contribution in [0.5, 0.6) is 0 Å². The Morgan fingerprint density at radius 1 is 1.50 bits per heavy atom. The minimum absolute atomic E-state index is 0.131. The number of aliphatic hydroxyl groups is 2. The average molecular weight is 276 g/mol. The van der Waals surface area contributed by atoms with Gasteiger partial charge in [0.05, 0.1) is 11.1 Å². The molecule has 1 amide bonds. The maximum absolute atomic E-state index is 13.2. The number of halogens is 2. The lowest BCUT2D eigenvalue weighted by molar-refractivity contribution is -0.119. The van der Waals surface area contributed by atoms with Gasteiger partial charge in [0.1, 0.15) is 11.9 Å². The van der Waals surface area contributed by atoms with Crippen LogP contribution in [0, 0.1) is 5.82 Å². The van der Waals surface area contributed by atoms with Crippen molar-refractivity contribution < 1.29 is 19.4 Å². The molecule has 4 nitrogen and oxygen atoms in total. The fraction of sp³-hybridized carbons (Fsp3) is 0.417. The third-order valence-corrected chi connectivity index (χ3v) is 2.88. The molecule has 1 rings (SSSR count). The molecule has 1 aromatic rings. The largest absolute Gasteiger partial charge is 0.390 e. The molecular weight excluding hydrogens is 261 g/mol. The van der Waals surface area contributed by atoms with Crippen LogP contribution in [0.1, 0.15) is 25.0 Å². The molecule has 0 bridgehead atoms. The highest BCUT2D eigenvalue weighted by atomic mass is 35.5. The number of carbonyl (C=O) groups excluding carboxylic acids is 1. The van der Waals surface area contributed by atoms with Crippen LogP contribution in [-0.4, -0.2) is 28.8 Å². The molecule has 1 aromatic carbocycles. The molecule has 6 heteroatoms. The molecule has 0 radical (unpaired) electrons. The van der Waals surface area contributed by atoms with Gasteiger partial charge in [-0.1, -0.05) is 23.7 Å². The zero-order chi connectivity index (χ0) is 13.7. The second-order valence-electron chi connectivity index (χ2n) is 3.93. The standard InChI is InChI=1S/C12H15ClFNO3/c1-7(16)15-6-5-10(17)12(18)8-3-2-4-9(14)11(8)13/h2-4,10,12,17-18H,5-6H2,1H3,(H,15,16). The van der Waals surface area contributed by atoms with Crippen LogP contribution >= 0.6 is 11.6 Å². The number of aliphatic hydroxyl groups excluding tert-OH is 2. The van der Waals surface area contributed by atoms with E-state index in [0.717, 1.165) is 0 Å². The molecule has 0 saturated carbocycles. The Morgan fingerprint density at radius 2 is 2.17 bits per heavy atom. The van der Waals surface area contributed by atoms with Crippen LogP contribution in [0.4, 0.5) is 4.39 Å². The van der Waals surface area contributed by atoms with Crippen molar-refractivity contribution in [3.05, 3.63) is 34.6 Å². The molecule has 0 aromatic heterocycles. The molecule has 0 spiro atoms. The fourth-order valence-corrected chi connectivity index (χ4v) is 1.75. The summed E-state index contributed by atoms with van der Waals surface area (Å²) in [4.78, 5) is 10.6. The molecule has 0 heterocycles. The zero-order valence-electron chi connectivity index (χ0n) is 9.86. The lowest BCUT2D eigenvalue weighted by Crippen LogP contribution is -2.27. The first-order chi connectivity index (χ1) is 8.43. The average Bonchev–Trinajstić information content (AvgIpc) is 2.31. The minimum Gasteiger partial charge on any atom is -0.390 e. The SMILES string of the molecule is CC(=O)NCCC(O)C(O)c1cccc(F)c1Cl. The van der Waals surface area contributed by atoms with Crippen LogP contribution in [0.2, 0.25) is 5.02 Å². The predicted octanol–water partition coefficient (Wildman–Crippen LogP) is 1.40. The van der Waals surface area contributed by atoms with Crippen LogP contribution in [0.25, 0.3) is 0 Å². The predicted molar refractivity (Wildman–Crippen MR) is 65.7 cm³/mol. The molecule has 100 valence electrons. The van der Waals surface area contributed by atoms with Crippen LogP contribution in [-0.2, 0) is 4.79 Å². The second-order valence-corrected chi connectivity index (χ2v) is 4.30. The number of nitrogens with one attached hydrogen (secondary N) is 1. The normalized spacial score (nSPS) is 14.1. The van der Waals surface area contributed by atoms with Gasteiger partial charge in [-0.15, -0.1) is 0 Å². The lowest BCUT2D eigenvalue weighted by Gasteiger charge is -2.19. The van der Waals surface area contributed by atoms with Crippen molar-refractivity contribution >= 4 is 17.5 Å². The quantitative estimate of drug-likeness (QED) is 0.761. The molecule has 0 aliphatic heterocycles. The second kappa shape index (κ2) is 6.68. The maximum atomic E-state index is 13.2. The third kappa shape index (κ3) is 3.94. The van der Waals surface area contributed by atoms with E-state index in [0.29, 0.717) is 0 Å². The van der Waals surface area contributed by atoms with Crippen molar-refractivity contribution in [3.8, 4) is 0 Å². The molecule has 3 N–H and O–H groups in total. The van der Waals surface area contributed by atoms with Crippen molar-refractivity contribution in [2.45, 2.75) is 25.6 Å². The molecule has 18 heavy (non-hydrogen) atoms. The van der Waals surface area contributed by atoms with E-state index in [2.05, 4.69) is 5.32 Å². The summed E-state index contributed by atoms with van der Waals surface area (Å²) in [5, 5.41) is 21.8. The topological polar surface area (TPSA) is 69.6 Å². The zero-order valence-corrected chi connectivity index (χ0v) is 10.6. The number of amides is 1. The molecule has 0 saturated heterocycles. The number of rotatable bonds is 5. The summed E-state index contributed by atoms with van der Waals surface area (Å²) in [6, 6.07) is 4.01. The lowest BCUT2D eigenvalue weighted by atomic mass is 10.0. The summed E-state index contributed by atoms with van der Waals surface area (Å²) in [6.07, 6.45) is -2.27. The first kappa shape index (κ1) is 14.9. The van der Waals surface area contributed by atoms with Gasteiger partial charge in [0.2, 0.25) is 5.91 Å². The molecule has 2 unspecified atom stereocenters. The van der Waals surface area contributed by atoms with Gasteiger partial charge in [0.25, 0.3) is 0 Å². The van der Waals surface area contributed by atoms with E-state index < -0.39 is 18.0 Å². The van der Waals surface area contributed by atoms with Gasteiger partial charge in [0.15, 0.2) is 0 Å². The summed E-state index contributed by atoms with van der Waals surface area (Å²) in [7, 11) is 0. The van der Waals surface area contributed by atoms with Crippen LogP contribution in [0.3, 0.4) is 0 Å². The first-order valence-electron chi connectivity index (χ1n) is 5.48. The van der Waals surface area contributed by atoms with Crippen molar-refractivity contribution in [2.75, 3.05) is 6.54 Å². The van der Waals surface area contributed by atoms with Crippen molar-refractivity contribution in [3.63, 3.8) is 0 Å². The van der Waals surface area contributed by atoms with E-state index in [1.54, 1.807) is 0 Å². The maximum Gasteiger partial charge on any atom is 0.216 e. The minimum atomic E-state index is -1.29. The van der Waals surface area contributed by atoms with Gasteiger partial charge in [0, 0.05) is 19.0 Å². The van der Waals surface area contributed by atoms with E-state index in [9.17, 15) is 19.4 Å². The first-order valence-corrected chi connectivity index (χ1v) is 5.85. The Balaban J connectivity index is 2.65. The molecule has 2 atom stereocenters. The van der Waals surface area contributed by atoms with E-state index in [-0.39, 0.29) is 29.5 Å². The summed E-state index contributed by atoms with van der Waals surface area (Å²) in [6.45, 7) is 1.58. The summed E-state index contributed by atoms with van der Waals surface area (Å²) < 4.78 is 13.2. The van der Waals surface area contributed by atoms with Gasteiger partial charge >= 0.3 is 0 Å². The van der Waals surface area contributed by atoms with E-state index >= 15 is 0 Å². The van der Waals surface area contributed by atoms with Gasteiger partial charge in [-0.05, 0) is 12.5 Å². The van der Waals surface area contributed by atoms with Gasteiger partial charge in [-0.2, -0.15) is 0 Å². The van der Waals surface area contributed by atoms with E-state index in [1.807, 2.05) is 0 Å².